The van der Waals surface area contributed by atoms with E-state index in [1.807, 2.05) is 24.3 Å². The van der Waals surface area contributed by atoms with Gasteiger partial charge in [-0.25, -0.2) is 0 Å². The van der Waals surface area contributed by atoms with E-state index in [1.165, 1.54) is 5.56 Å². The summed E-state index contributed by atoms with van der Waals surface area (Å²) in [6.07, 6.45) is 0. The molecule has 21 heavy (non-hydrogen) atoms. The van der Waals surface area contributed by atoms with E-state index in [2.05, 4.69) is 39.0 Å². The molecule has 0 fully saturated rings. The van der Waals surface area contributed by atoms with Crippen LogP contribution in [0.2, 0.25) is 5.02 Å². The molecule has 0 N–H and O–H groups in total. The minimum absolute atomic E-state index is 0.0417. The fraction of sp³-hybridized carbons (Fsp3) is 0.333. The normalized spacial score (nSPS) is 13.0. The van der Waals surface area contributed by atoms with Crippen molar-refractivity contribution in [2.24, 2.45) is 0 Å². The molecule has 0 aliphatic rings. The Morgan fingerprint density at radius 1 is 1.05 bits per heavy atom. The van der Waals surface area contributed by atoms with Crippen LogP contribution in [0.25, 0.3) is 0 Å². The summed E-state index contributed by atoms with van der Waals surface area (Å²) in [5, 5.41) is 0.345. The average Bonchev–Trinajstić information content (AvgIpc) is 2.45. The molecule has 0 spiro atoms. The second-order valence-electron chi connectivity index (χ2n) is 6.09. The van der Waals surface area contributed by atoms with Crippen LogP contribution in [-0.2, 0) is 5.41 Å². The van der Waals surface area contributed by atoms with E-state index in [0.717, 1.165) is 11.1 Å². The molecule has 1 nitrogen and oxygen atoms in total. The Kier molecular flexibility index (Phi) is 4.85. The lowest BCUT2D eigenvalue weighted by Gasteiger charge is -2.25. The summed E-state index contributed by atoms with van der Waals surface area (Å²) in [5.41, 5.74) is 3.38. The van der Waals surface area contributed by atoms with Crippen molar-refractivity contribution in [3.8, 4) is 5.75 Å². The van der Waals surface area contributed by atoms with Crippen molar-refractivity contribution < 1.29 is 4.74 Å². The van der Waals surface area contributed by atoms with Crippen molar-refractivity contribution in [1.29, 1.82) is 0 Å². The number of hydrogen-bond acceptors (Lipinski definition) is 1. The molecule has 3 heteroatoms. The van der Waals surface area contributed by atoms with Gasteiger partial charge in [-0.15, -0.1) is 11.6 Å². The topological polar surface area (TPSA) is 9.23 Å². The Bertz CT molecular complexity index is 629. The molecule has 2 aromatic carbocycles. The smallest absolute Gasteiger partial charge is 0.137 e. The summed E-state index contributed by atoms with van der Waals surface area (Å²) in [7, 11) is 1.61. The predicted octanol–water partition coefficient (Wildman–Crippen LogP) is 5.97. The lowest BCUT2D eigenvalue weighted by atomic mass is 9.82. The highest BCUT2D eigenvalue weighted by molar-refractivity contribution is 6.32. The molecule has 0 amide bonds. The zero-order valence-corrected chi connectivity index (χ0v) is 14.3. The minimum Gasteiger partial charge on any atom is -0.495 e. The zero-order valence-electron chi connectivity index (χ0n) is 12.8. The quantitative estimate of drug-likeness (QED) is 0.632. The molecule has 1 atom stereocenters. The Labute approximate surface area is 136 Å². The molecule has 2 aromatic rings. The van der Waals surface area contributed by atoms with Gasteiger partial charge in [0.2, 0.25) is 0 Å². The van der Waals surface area contributed by atoms with Crippen LogP contribution in [0, 0.1) is 0 Å². The first-order valence-corrected chi connectivity index (χ1v) is 7.73. The molecule has 0 bridgehead atoms. The highest BCUT2D eigenvalue weighted by atomic mass is 35.5. The second-order valence-corrected chi connectivity index (χ2v) is 6.94. The molecule has 112 valence electrons. The number of rotatable bonds is 3. The van der Waals surface area contributed by atoms with E-state index in [-0.39, 0.29) is 10.8 Å². The Morgan fingerprint density at radius 2 is 1.71 bits per heavy atom. The number of ether oxygens (including phenoxy) is 1. The molecule has 0 aliphatic heterocycles. The fourth-order valence-electron chi connectivity index (χ4n) is 2.42. The number of methoxy groups -OCH3 is 1. The average molecular weight is 323 g/mol. The summed E-state index contributed by atoms with van der Waals surface area (Å²) in [6, 6.07) is 14.0. The SMILES string of the molecule is COc1ccc(C(Cl)c2ccccc2C(C)(C)C)cc1Cl. The maximum Gasteiger partial charge on any atom is 0.137 e. The van der Waals surface area contributed by atoms with Crippen molar-refractivity contribution in [3.63, 3.8) is 0 Å². The summed E-state index contributed by atoms with van der Waals surface area (Å²) in [5.74, 6) is 0.661. The van der Waals surface area contributed by atoms with Gasteiger partial charge in [-0.1, -0.05) is 62.7 Å². The molecule has 2 rings (SSSR count). The van der Waals surface area contributed by atoms with E-state index in [1.54, 1.807) is 7.11 Å². The molecular weight excluding hydrogens is 303 g/mol. The van der Waals surface area contributed by atoms with Gasteiger partial charge in [-0.05, 0) is 34.2 Å². The van der Waals surface area contributed by atoms with E-state index in [9.17, 15) is 0 Å². The van der Waals surface area contributed by atoms with Crippen LogP contribution in [0.4, 0.5) is 0 Å². The lowest BCUT2D eigenvalue weighted by molar-refractivity contribution is 0.415. The van der Waals surface area contributed by atoms with Gasteiger partial charge in [-0.3, -0.25) is 0 Å². The number of alkyl halides is 1. The zero-order chi connectivity index (χ0) is 15.6. The van der Waals surface area contributed by atoms with Crippen LogP contribution in [0.15, 0.2) is 42.5 Å². The first-order chi connectivity index (χ1) is 9.84. The van der Waals surface area contributed by atoms with Gasteiger partial charge in [-0.2, -0.15) is 0 Å². The van der Waals surface area contributed by atoms with Gasteiger partial charge in [0.25, 0.3) is 0 Å². The van der Waals surface area contributed by atoms with Crippen LogP contribution in [0.1, 0.15) is 42.8 Å². The van der Waals surface area contributed by atoms with Crippen LogP contribution in [0.5, 0.6) is 5.75 Å². The number of benzene rings is 2. The largest absolute Gasteiger partial charge is 0.495 e. The standard InChI is InChI=1S/C18H20Cl2O/c1-18(2,3)14-8-6-5-7-13(14)17(20)12-9-10-16(21-4)15(19)11-12/h5-11,17H,1-4H3. The summed E-state index contributed by atoms with van der Waals surface area (Å²) in [6.45, 7) is 6.57. The van der Waals surface area contributed by atoms with Gasteiger partial charge >= 0.3 is 0 Å². The molecule has 0 heterocycles. The molecule has 0 radical (unpaired) electrons. The Balaban J connectivity index is 2.45. The molecule has 0 aromatic heterocycles. The number of hydrogen-bond donors (Lipinski definition) is 0. The van der Waals surface area contributed by atoms with E-state index < -0.39 is 0 Å². The fourth-order valence-corrected chi connectivity index (χ4v) is 3.01. The molecule has 0 saturated heterocycles. The first kappa shape index (κ1) is 16.2. The van der Waals surface area contributed by atoms with E-state index in [0.29, 0.717) is 10.8 Å². The number of halogens is 2. The summed E-state index contributed by atoms with van der Waals surface area (Å²) < 4.78 is 5.19. The third kappa shape index (κ3) is 3.53. The summed E-state index contributed by atoms with van der Waals surface area (Å²) in [4.78, 5) is 0. The van der Waals surface area contributed by atoms with E-state index >= 15 is 0 Å². The lowest BCUT2D eigenvalue weighted by Crippen LogP contribution is -2.15. The Morgan fingerprint density at radius 3 is 2.29 bits per heavy atom. The molecule has 0 saturated carbocycles. The van der Waals surface area contributed by atoms with Crippen molar-refractivity contribution in [1.82, 2.24) is 0 Å². The van der Waals surface area contributed by atoms with Crippen molar-refractivity contribution in [2.45, 2.75) is 31.6 Å². The van der Waals surface area contributed by atoms with E-state index in [4.69, 9.17) is 27.9 Å². The van der Waals surface area contributed by atoms with Gasteiger partial charge in [0, 0.05) is 0 Å². The van der Waals surface area contributed by atoms with Crippen LogP contribution in [0.3, 0.4) is 0 Å². The Hall–Kier alpha value is -1.18. The minimum atomic E-state index is -0.233. The highest BCUT2D eigenvalue weighted by Crippen LogP contribution is 2.38. The summed E-state index contributed by atoms with van der Waals surface area (Å²) >= 11 is 12.9. The maximum absolute atomic E-state index is 6.71. The first-order valence-electron chi connectivity index (χ1n) is 6.91. The van der Waals surface area contributed by atoms with Crippen molar-refractivity contribution in [2.75, 3.05) is 7.11 Å². The monoisotopic (exact) mass is 322 g/mol. The van der Waals surface area contributed by atoms with Gasteiger partial charge in [0.05, 0.1) is 17.5 Å². The van der Waals surface area contributed by atoms with Crippen LogP contribution >= 0.6 is 23.2 Å². The molecule has 0 aliphatic carbocycles. The van der Waals surface area contributed by atoms with Crippen LogP contribution in [-0.4, -0.2) is 7.11 Å². The third-order valence-electron chi connectivity index (χ3n) is 3.51. The van der Waals surface area contributed by atoms with Gasteiger partial charge in [0.15, 0.2) is 0 Å². The van der Waals surface area contributed by atoms with Gasteiger partial charge < -0.3 is 4.74 Å². The van der Waals surface area contributed by atoms with Crippen molar-refractivity contribution in [3.05, 3.63) is 64.2 Å². The maximum atomic E-state index is 6.71. The van der Waals surface area contributed by atoms with Crippen molar-refractivity contribution >= 4 is 23.2 Å². The van der Waals surface area contributed by atoms with Gasteiger partial charge in [0.1, 0.15) is 5.75 Å². The second kappa shape index (κ2) is 6.29. The highest BCUT2D eigenvalue weighted by Gasteiger charge is 2.22. The molecule has 1 unspecified atom stereocenters. The van der Waals surface area contributed by atoms with Crippen LogP contribution < -0.4 is 4.74 Å². The molecular formula is C18H20Cl2O. The third-order valence-corrected chi connectivity index (χ3v) is 4.29. The predicted molar refractivity (Wildman–Crippen MR) is 90.8 cm³/mol.